The van der Waals surface area contributed by atoms with Crippen molar-refractivity contribution in [3.8, 4) is 6.07 Å². The number of nitrogens with zero attached hydrogens (tertiary/aromatic N) is 2. The van der Waals surface area contributed by atoms with Crippen LogP contribution < -0.4 is 10.6 Å². The lowest BCUT2D eigenvalue weighted by molar-refractivity contribution is -0.139. The Labute approximate surface area is 181 Å². The molecule has 1 aliphatic rings. The lowest BCUT2D eigenvalue weighted by atomic mass is 9.81. The molecule has 0 saturated heterocycles. The molecule has 0 aliphatic carbocycles. The van der Waals surface area contributed by atoms with Crippen molar-refractivity contribution in [2.24, 2.45) is 5.73 Å². The molecule has 3 rings (SSSR count). The van der Waals surface area contributed by atoms with E-state index in [-0.39, 0.29) is 22.7 Å². The van der Waals surface area contributed by atoms with E-state index in [4.69, 9.17) is 15.2 Å². The smallest absolute Gasteiger partial charge is 0.355 e. The third-order valence-corrected chi connectivity index (χ3v) is 5.19. The lowest BCUT2D eigenvalue weighted by Gasteiger charge is -2.36. The monoisotopic (exact) mass is 417 g/mol. The number of carbonyl (C=O) groups is 2. The molecule has 2 aromatic rings. The highest BCUT2D eigenvalue weighted by Crippen LogP contribution is 2.43. The van der Waals surface area contributed by atoms with E-state index in [0.29, 0.717) is 11.3 Å². The van der Waals surface area contributed by atoms with Gasteiger partial charge in [0.15, 0.2) is 0 Å². The first-order chi connectivity index (χ1) is 15.0. The number of hydrogen-bond acceptors (Lipinski definition) is 7. The van der Waals surface area contributed by atoms with E-state index in [0.717, 1.165) is 12.0 Å². The number of benzene rings is 2. The van der Waals surface area contributed by atoms with Crippen LogP contribution in [0.15, 0.2) is 77.3 Å². The van der Waals surface area contributed by atoms with E-state index in [9.17, 15) is 14.9 Å². The topological polar surface area (TPSA) is 106 Å². The summed E-state index contributed by atoms with van der Waals surface area (Å²) in [5.41, 5.74) is 8.69. The molecule has 0 fully saturated rings. The summed E-state index contributed by atoms with van der Waals surface area (Å²) in [7, 11) is 2.45. The summed E-state index contributed by atoms with van der Waals surface area (Å²) >= 11 is 0. The van der Waals surface area contributed by atoms with Crippen LogP contribution in [0.2, 0.25) is 0 Å². The molecule has 0 radical (unpaired) electrons. The molecule has 0 amide bonds. The number of rotatable bonds is 5. The SMILES string of the molecule is CCc1cccc(N2C(N)=C(C#N)C(c3ccccc3)C(C(=O)OC)=C2C(=O)OC)c1. The van der Waals surface area contributed by atoms with Crippen molar-refractivity contribution in [3.05, 3.63) is 88.4 Å². The first kappa shape index (κ1) is 21.7. The van der Waals surface area contributed by atoms with E-state index in [2.05, 4.69) is 6.07 Å². The van der Waals surface area contributed by atoms with Gasteiger partial charge in [0.05, 0.1) is 37.4 Å². The number of nitriles is 1. The molecular weight excluding hydrogens is 394 g/mol. The zero-order chi connectivity index (χ0) is 22.5. The summed E-state index contributed by atoms with van der Waals surface area (Å²) in [6.45, 7) is 2.00. The molecule has 1 atom stereocenters. The second-order valence-corrected chi connectivity index (χ2v) is 6.86. The van der Waals surface area contributed by atoms with Crippen LogP contribution in [0.5, 0.6) is 0 Å². The highest BCUT2D eigenvalue weighted by Gasteiger charge is 2.42. The Kier molecular flexibility index (Phi) is 6.41. The summed E-state index contributed by atoms with van der Waals surface area (Å²) < 4.78 is 10.0. The Balaban J connectivity index is 2.40. The van der Waals surface area contributed by atoms with Gasteiger partial charge in [-0.15, -0.1) is 0 Å². The fourth-order valence-electron chi connectivity index (χ4n) is 3.70. The highest BCUT2D eigenvalue weighted by molar-refractivity contribution is 6.06. The number of nitrogens with two attached hydrogens (primary N) is 1. The predicted molar refractivity (Wildman–Crippen MR) is 115 cm³/mol. The summed E-state index contributed by atoms with van der Waals surface area (Å²) in [5.74, 6) is -2.33. The number of esters is 2. The van der Waals surface area contributed by atoms with Crippen LogP contribution >= 0.6 is 0 Å². The van der Waals surface area contributed by atoms with Gasteiger partial charge in [-0.2, -0.15) is 5.26 Å². The molecule has 7 nitrogen and oxygen atoms in total. The molecule has 7 heteroatoms. The Bertz CT molecular complexity index is 1110. The molecule has 0 aromatic heterocycles. The van der Waals surface area contributed by atoms with Gasteiger partial charge in [0.25, 0.3) is 0 Å². The molecule has 0 saturated carbocycles. The van der Waals surface area contributed by atoms with Crippen molar-refractivity contribution >= 4 is 17.6 Å². The van der Waals surface area contributed by atoms with Crippen LogP contribution in [0, 0.1) is 11.3 Å². The van der Waals surface area contributed by atoms with Crippen LogP contribution in [0.4, 0.5) is 5.69 Å². The number of aryl methyl sites for hydroxylation is 1. The average molecular weight is 417 g/mol. The van der Waals surface area contributed by atoms with Crippen LogP contribution in [0.3, 0.4) is 0 Å². The molecular formula is C24H23N3O4. The van der Waals surface area contributed by atoms with Gasteiger partial charge in [-0.1, -0.05) is 49.4 Å². The molecule has 1 aliphatic heterocycles. The highest BCUT2D eigenvalue weighted by atomic mass is 16.5. The molecule has 0 spiro atoms. The molecule has 158 valence electrons. The van der Waals surface area contributed by atoms with E-state index < -0.39 is 17.9 Å². The zero-order valence-electron chi connectivity index (χ0n) is 17.6. The standard InChI is InChI=1S/C24H23N3O4/c1-4-15-9-8-12-17(13-15)27-21(24(29)31-3)20(23(28)30-2)19(18(14-25)22(27)26)16-10-6-5-7-11-16/h5-13,19H,4,26H2,1-3H3. The third kappa shape index (κ3) is 3.88. The van der Waals surface area contributed by atoms with E-state index in [1.165, 1.54) is 19.1 Å². The first-order valence-corrected chi connectivity index (χ1v) is 9.72. The maximum Gasteiger partial charge on any atom is 0.355 e. The van der Waals surface area contributed by atoms with Crippen molar-refractivity contribution in [1.29, 1.82) is 5.26 Å². The number of ether oxygens (including phenoxy) is 2. The third-order valence-electron chi connectivity index (χ3n) is 5.19. The van der Waals surface area contributed by atoms with Gasteiger partial charge in [-0.25, -0.2) is 9.59 Å². The Hall–Kier alpha value is -4.05. The molecule has 2 N–H and O–H groups in total. The normalized spacial score (nSPS) is 16.1. The van der Waals surface area contributed by atoms with Crippen LogP contribution in [-0.2, 0) is 25.5 Å². The van der Waals surface area contributed by atoms with Crippen LogP contribution in [0.25, 0.3) is 0 Å². The van der Waals surface area contributed by atoms with Crippen molar-refractivity contribution in [2.75, 3.05) is 19.1 Å². The second kappa shape index (κ2) is 9.18. The number of allylic oxidation sites excluding steroid dienone is 1. The van der Waals surface area contributed by atoms with Crippen LogP contribution in [-0.4, -0.2) is 26.2 Å². The first-order valence-electron chi connectivity index (χ1n) is 9.72. The molecule has 2 aromatic carbocycles. The second-order valence-electron chi connectivity index (χ2n) is 6.86. The Morgan fingerprint density at radius 3 is 2.32 bits per heavy atom. The quantitative estimate of drug-likeness (QED) is 0.745. The van der Waals surface area contributed by atoms with Gasteiger partial charge in [0.2, 0.25) is 0 Å². The fourth-order valence-corrected chi connectivity index (χ4v) is 3.70. The minimum absolute atomic E-state index is 0.00629. The number of hydrogen-bond donors (Lipinski definition) is 1. The van der Waals surface area contributed by atoms with Gasteiger partial charge in [-0.05, 0) is 29.7 Å². The predicted octanol–water partition coefficient (Wildman–Crippen LogP) is 3.15. The number of methoxy groups -OCH3 is 2. The van der Waals surface area contributed by atoms with Gasteiger partial charge >= 0.3 is 11.9 Å². The summed E-state index contributed by atoms with van der Waals surface area (Å²) in [6.07, 6.45) is 0.754. The summed E-state index contributed by atoms with van der Waals surface area (Å²) in [6, 6.07) is 18.4. The molecule has 0 bridgehead atoms. The van der Waals surface area contributed by atoms with Gasteiger partial charge in [-0.3, -0.25) is 4.90 Å². The van der Waals surface area contributed by atoms with Crippen molar-refractivity contribution < 1.29 is 19.1 Å². The largest absolute Gasteiger partial charge is 0.466 e. The minimum atomic E-state index is -0.877. The average Bonchev–Trinajstić information content (AvgIpc) is 2.82. The van der Waals surface area contributed by atoms with E-state index in [1.54, 1.807) is 30.3 Å². The van der Waals surface area contributed by atoms with E-state index in [1.807, 2.05) is 31.2 Å². The minimum Gasteiger partial charge on any atom is -0.466 e. The van der Waals surface area contributed by atoms with Crippen molar-refractivity contribution in [3.63, 3.8) is 0 Å². The van der Waals surface area contributed by atoms with Crippen molar-refractivity contribution in [1.82, 2.24) is 0 Å². The van der Waals surface area contributed by atoms with Crippen LogP contribution in [0.1, 0.15) is 24.0 Å². The van der Waals surface area contributed by atoms with E-state index >= 15 is 0 Å². The van der Waals surface area contributed by atoms with Gasteiger partial charge < -0.3 is 15.2 Å². The molecule has 1 heterocycles. The number of anilines is 1. The van der Waals surface area contributed by atoms with Crippen molar-refractivity contribution in [2.45, 2.75) is 19.3 Å². The maximum atomic E-state index is 13.0. The Morgan fingerprint density at radius 2 is 1.74 bits per heavy atom. The summed E-state index contributed by atoms with van der Waals surface area (Å²) in [5, 5.41) is 10.0. The summed E-state index contributed by atoms with van der Waals surface area (Å²) in [4.78, 5) is 27.3. The number of carbonyl (C=O) groups excluding carboxylic acids is 2. The lowest BCUT2D eigenvalue weighted by Crippen LogP contribution is -2.40. The zero-order valence-corrected chi connectivity index (χ0v) is 17.6. The molecule has 31 heavy (non-hydrogen) atoms. The Morgan fingerprint density at radius 1 is 1.06 bits per heavy atom. The molecule has 1 unspecified atom stereocenters. The van der Waals surface area contributed by atoms with Gasteiger partial charge in [0, 0.05) is 5.69 Å². The fraction of sp³-hybridized carbons (Fsp3) is 0.208. The van der Waals surface area contributed by atoms with Gasteiger partial charge in [0.1, 0.15) is 11.5 Å². The maximum absolute atomic E-state index is 13.0.